The van der Waals surface area contributed by atoms with Crippen molar-refractivity contribution in [2.45, 2.75) is 43.7 Å². The molecule has 1 saturated heterocycles. The summed E-state index contributed by atoms with van der Waals surface area (Å²) in [6, 6.07) is 10.5. The van der Waals surface area contributed by atoms with E-state index in [0.29, 0.717) is 34.3 Å². The molecular weight excluding hydrogens is 480 g/mol. The second kappa shape index (κ2) is 7.86. The summed E-state index contributed by atoms with van der Waals surface area (Å²) in [4.78, 5) is 37.3. The molecule has 10 nitrogen and oxygen atoms in total. The third-order valence-corrected chi connectivity index (χ3v) is 8.47. The molecular formula is C28H24N8O2. The Morgan fingerprint density at radius 2 is 1.95 bits per heavy atom. The molecule has 4 heterocycles. The van der Waals surface area contributed by atoms with Gasteiger partial charge in [0.15, 0.2) is 5.82 Å². The fourth-order valence-electron chi connectivity index (χ4n) is 6.85. The number of benzene rings is 1. The van der Waals surface area contributed by atoms with Crippen molar-refractivity contribution >= 4 is 29.0 Å². The smallest absolute Gasteiger partial charge is 0.299 e. The second-order valence-corrected chi connectivity index (χ2v) is 10.0. The summed E-state index contributed by atoms with van der Waals surface area (Å²) in [6.07, 6.45) is 9.04. The number of carbonyl (C=O) groups excluding carboxylic acids is 2. The lowest BCUT2D eigenvalue weighted by Gasteiger charge is -2.34. The van der Waals surface area contributed by atoms with Crippen LogP contribution in [0, 0.1) is 17.8 Å². The first-order valence-corrected chi connectivity index (χ1v) is 12.6. The molecule has 3 atom stereocenters. The summed E-state index contributed by atoms with van der Waals surface area (Å²) < 4.78 is 1.99. The zero-order valence-corrected chi connectivity index (χ0v) is 20.7. The van der Waals surface area contributed by atoms with E-state index in [1.165, 1.54) is 0 Å². The Balaban J connectivity index is 1.30. The first-order valence-electron chi connectivity index (χ1n) is 12.6. The average Bonchev–Trinajstić information content (AvgIpc) is 3.26. The molecule has 3 aliphatic rings. The number of nitrogen functional groups attached to an aromatic ring is 1. The first-order chi connectivity index (χ1) is 18.5. The maximum atomic E-state index is 13.1. The van der Waals surface area contributed by atoms with Gasteiger partial charge < -0.3 is 16.0 Å². The van der Waals surface area contributed by atoms with Gasteiger partial charge in [0.05, 0.1) is 5.54 Å². The van der Waals surface area contributed by atoms with Crippen molar-refractivity contribution in [3.8, 4) is 23.1 Å². The average molecular weight is 505 g/mol. The summed E-state index contributed by atoms with van der Waals surface area (Å²) >= 11 is 0. The molecule has 0 radical (unpaired) electrons. The number of hydrogen-bond acceptors (Lipinski definition) is 7. The van der Waals surface area contributed by atoms with E-state index in [0.717, 1.165) is 37.1 Å². The number of aromatic nitrogens is 5. The molecule has 7 rings (SSSR count). The zero-order valence-electron chi connectivity index (χ0n) is 20.7. The Morgan fingerprint density at radius 3 is 2.66 bits per heavy atom. The molecule has 3 aromatic heterocycles. The Kier molecular flexibility index (Phi) is 4.64. The minimum atomic E-state index is -0.498. The molecule has 2 aliphatic carbocycles. The van der Waals surface area contributed by atoms with Gasteiger partial charge >= 0.3 is 0 Å². The van der Waals surface area contributed by atoms with E-state index in [9.17, 15) is 9.59 Å². The van der Waals surface area contributed by atoms with Gasteiger partial charge in [-0.25, -0.2) is 9.97 Å². The lowest BCUT2D eigenvalue weighted by Crippen LogP contribution is -2.39. The highest BCUT2D eigenvalue weighted by atomic mass is 16.2. The van der Waals surface area contributed by atoms with Crippen molar-refractivity contribution in [1.29, 1.82) is 0 Å². The number of amides is 2. The zero-order chi connectivity index (χ0) is 26.1. The molecule has 188 valence electrons. The van der Waals surface area contributed by atoms with E-state index >= 15 is 0 Å². The molecule has 38 heavy (non-hydrogen) atoms. The molecule has 0 bridgehead atoms. The highest BCUT2D eigenvalue weighted by Crippen LogP contribution is 2.77. The van der Waals surface area contributed by atoms with Crippen molar-refractivity contribution in [1.82, 2.24) is 29.5 Å². The third-order valence-electron chi connectivity index (χ3n) is 8.47. The summed E-state index contributed by atoms with van der Waals surface area (Å²) in [5, 5.41) is 10.4. The third kappa shape index (κ3) is 2.78. The van der Waals surface area contributed by atoms with Gasteiger partial charge in [-0.3, -0.25) is 14.0 Å². The number of imidazole rings is 1. The number of nitrogens with zero attached hydrogens (tertiary/aromatic N) is 6. The van der Waals surface area contributed by atoms with E-state index in [1.807, 2.05) is 27.6 Å². The van der Waals surface area contributed by atoms with Crippen molar-refractivity contribution in [3.05, 3.63) is 66.4 Å². The van der Waals surface area contributed by atoms with Crippen molar-refractivity contribution < 1.29 is 9.59 Å². The topological polar surface area (TPSA) is 131 Å². The minimum absolute atomic E-state index is 0.143. The quantitative estimate of drug-likeness (QED) is 0.323. The SMILES string of the molecule is CC#CC(=O)N1C2(c3nc(-c4ccc(C(=O)Nc5cccnn5)cc4)c4c(N)nccn34)CCC3CCC312. The maximum Gasteiger partial charge on any atom is 0.299 e. The fraction of sp³-hybridized carbons (Fsp3) is 0.286. The summed E-state index contributed by atoms with van der Waals surface area (Å²) in [5.41, 5.74) is 8.30. The Morgan fingerprint density at radius 1 is 1.13 bits per heavy atom. The molecule has 3 unspecified atom stereocenters. The summed E-state index contributed by atoms with van der Waals surface area (Å²) in [6.45, 7) is 1.69. The van der Waals surface area contributed by atoms with E-state index in [-0.39, 0.29) is 17.4 Å². The van der Waals surface area contributed by atoms with Crippen LogP contribution in [0.4, 0.5) is 11.6 Å². The monoisotopic (exact) mass is 504 g/mol. The normalized spacial score (nSPS) is 24.6. The number of likely N-dealkylation sites (tertiary alicyclic amines) is 1. The molecule has 4 aromatic rings. The number of fused-ring (bicyclic) bond motifs is 1. The molecule has 2 amide bonds. The van der Waals surface area contributed by atoms with Crippen LogP contribution in [0.25, 0.3) is 16.8 Å². The first kappa shape index (κ1) is 22.4. The standard InChI is InChI=1S/C28H24N8O2/c1-2-4-21(37)36-27-12-10-19(27)11-13-28(27,36)26-33-22(23-24(29)30-15-16-35(23)26)17-6-8-18(9-7-17)25(38)32-20-5-3-14-31-34-20/h3,5-9,14-16,19H,10-13H2,1H3,(H2,29,30)(H,32,34,38). The molecule has 3 N–H and O–H groups in total. The molecule has 1 aliphatic heterocycles. The Hall–Kier alpha value is -4.78. The summed E-state index contributed by atoms with van der Waals surface area (Å²) in [7, 11) is 0. The highest BCUT2D eigenvalue weighted by molar-refractivity contribution is 6.04. The van der Waals surface area contributed by atoms with Crippen molar-refractivity contribution in [3.63, 3.8) is 0 Å². The van der Waals surface area contributed by atoms with Crippen LogP contribution in [-0.2, 0) is 10.3 Å². The van der Waals surface area contributed by atoms with Crippen LogP contribution >= 0.6 is 0 Å². The molecule has 3 fully saturated rings. The Bertz CT molecular complexity index is 1690. The lowest BCUT2D eigenvalue weighted by molar-refractivity contribution is -0.124. The van der Waals surface area contributed by atoms with Gasteiger partial charge in [-0.2, -0.15) is 5.10 Å². The molecule has 1 spiro atoms. The maximum absolute atomic E-state index is 13.1. The van der Waals surface area contributed by atoms with Crippen LogP contribution in [0.1, 0.15) is 48.8 Å². The highest BCUT2D eigenvalue weighted by Gasteiger charge is 2.87. The number of nitrogens with one attached hydrogen (secondary N) is 1. The van der Waals surface area contributed by atoms with Crippen LogP contribution in [0.3, 0.4) is 0 Å². The number of hydrogen-bond donors (Lipinski definition) is 2. The van der Waals surface area contributed by atoms with Crippen LogP contribution in [0.15, 0.2) is 55.0 Å². The van der Waals surface area contributed by atoms with Crippen LogP contribution in [0.5, 0.6) is 0 Å². The van der Waals surface area contributed by atoms with Gasteiger partial charge in [0, 0.05) is 29.7 Å². The van der Waals surface area contributed by atoms with Gasteiger partial charge in [0.25, 0.3) is 11.8 Å². The molecule has 1 aromatic carbocycles. The molecule has 2 saturated carbocycles. The van der Waals surface area contributed by atoms with Crippen molar-refractivity contribution in [2.24, 2.45) is 5.92 Å². The van der Waals surface area contributed by atoms with Crippen LogP contribution in [0.2, 0.25) is 0 Å². The second-order valence-electron chi connectivity index (χ2n) is 10.0. The fourth-order valence-corrected chi connectivity index (χ4v) is 6.85. The molecule has 10 heteroatoms. The number of piperidine rings is 1. The summed E-state index contributed by atoms with van der Waals surface area (Å²) in [5.74, 6) is 7.09. The van der Waals surface area contributed by atoms with Gasteiger partial charge in [0.2, 0.25) is 0 Å². The van der Waals surface area contributed by atoms with Gasteiger partial charge in [-0.15, -0.1) is 5.10 Å². The van der Waals surface area contributed by atoms with E-state index in [4.69, 9.17) is 10.7 Å². The number of nitrogens with two attached hydrogens (primary N) is 1. The Labute approximate surface area is 218 Å². The van der Waals surface area contributed by atoms with Gasteiger partial charge in [0.1, 0.15) is 28.4 Å². The number of rotatable bonds is 4. The van der Waals surface area contributed by atoms with Gasteiger partial charge in [-0.05, 0) is 68.7 Å². The predicted molar refractivity (Wildman–Crippen MR) is 139 cm³/mol. The van der Waals surface area contributed by atoms with E-state index in [2.05, 4.69) is 32.3 Å². The van der Waals surface area contributed by atoms with Gasteiger partial charge in [-0.1, -0.05) is 18.1 Å². The minimum Gasteiger partial charge on any atom is -0.382 e. The van der Waals surface area contributed by atoms with E-state index < -0.39 is 5.54 Å². The van der Waals surface area contributed by atoms with E-state index in [1.54, 1.807) is 43.6 Å². The van der Waals surface area contributed by atoms with Crippen LogP contribution < -0.4 is 11.1 Å². The van der Waals surface area contributed by atoms with Crippen molar-refractivity contribution in [2.75, 3.05) is 11.1 Å². The number of anilines is 2. The number of carbonyl (C=O) groups is 2. The lowest BCUT2D eigenvalue weighted by atomic mass is 9.71. The van der Waals surface area contributed by atoms with Crippen LogP contribution in [-0.4, -0.2) is 46.8 Å². The predicted octanol–water partition coefficient (Wildman–Crippen LogP) is 3.02. The largest absolute Gasteiger partial charge is 0.382 e.